The molecule has 0 saturated carbocycles. The molecule has 0 aliphatic rings. The van der Waals surface area contributed by atoms with Crippen molar-refractivity contribution in [2.24, 2.45) is 0 Å². The van der Waals surface area contributed by atoms with E-state index in [9.17, 15) is 12.3 Å². The molecule has 0 atom stereocenters. The lowest BCUT2D eigenvalue weighted by atomic mass is 10.0. The van der Waals surface area contributed by atoms with Crippen molar-refractivity contribution in [3.63, 3.8) is 0 Å². The average Bonchev–Trinajstić information content (AvgIpc) is 2.35. The number of hydrogen-bond acceptors (Lipinski definition) is 3. The lowest BCUT2D eigenvalue weighted by Gasteiger charge is -2.09. The van der Waals surface area contributed by atoms with Crippen LogP contribution in [0.4, 0.5) is 3.89 Å². The molecule has 3 nitrogen and oxygen atoms in total. The third kappa shape index (κ3) is 2.79. The first-order chi connectivity index (χ1) is 8.51. The lowest BCUT2D eigenvalue weighted by Crippen LogP contribution is -2.02. The van der Waals surface area contributed by atoms with Crippen LogP contribution < -0.4 is 4.74 Å². The van der Waals surface area contributed by atoms with E-state index in [1.807, 2.05) is 24.3 Å². The highest BCUT2D eigenvalue weighted by molar-refractivity contribution is 7.86. The highest BCUT2D eigenvalue weighted by Crippen LogP contribution is 2.28. The van der Waals surface area contributed by atoms with Gasteiger partial charge in [0, 0.05) is 5.39 Å². The Kier molecular flexibility index (Phi) is 3.52. The quantitative estimate of drug-likeness (QED) is 0.801. The van der Waals surface area contributed by atoms with Crippen LogP contribution >= 0.6 is 0 Å². The van der Waals surface area contributed by atoms with Crippen LogP contribution in [0.15, 0.2) is 36.4 Å². The van der Waals surface area contributed by atoms with Crippen LogP contribution in [-0.4, -0.2) is 21.3 Å². The van der Waals surface area contributed by atoms with E-state index >= 15 is 0 Å². The lowest BCUT2D eigenvalue weighted by molar-refractivity contribution is 0.419. The van der Waals surface area contributed by atoms with Gasteiger partial charge in [0.25, 0.3) is 0 Å². The number of halogens is 1. The Hall–Kier alpha value is -1.62. The first-order valence-electron chi connectivity index (χ1n) is 5.48. The summed E-state index contributed by atoms with van der Waals surface area (Å²) in [4.78, 5) is 0. The molecule has 0 amide bonds. The normalized spacial score (nSPS) is 11.7. The van der Waals surface area contributed by atoms with Gasteiger partial charge in [-0.05, 0) is 23.4 Å². The van der Waals surface area contributed by atoms with Crippen LogP contribution in [0.3, 0.4) is 0 Å². The number of aryl methyl sites for hydroxylation is 1. The number of methoxy groups -OCH3 is 1. The maximum atomic E-state index is 12.6. The molecule has 2 aromatic carbocycles. The van der Waals surface area contributed by atoms with E-state index in [4.69, 9.17) is 4.74 Å². The summed E-state index contributed by atoms with van der Waals surface area (Å²) >= 11 is 0. The largest absolute Gasteiger partial charge is 0.496 e. The summed E-state index contributed by atoms with van der Waals surface area (Å²) in [5.41, 5.74) is 0.799. The van der Waals surface area contributed by atoms with Gasteiger partial charge >= 0.3 is 10.2 Å². The van der Waals surface area contributed by atoms with Gasteiger partial charge in [-0.3, -0.25) is 0 Å². The van der Waals surface area contributed by atoms with Crippen LogP contribution in [0.1, 0.15) is 5.56 Å². The third-order valence-electron chi connectivity index (χ3n) is 2.81. The fourth-order valence-corrected chi connectivity index (χ4v) is 2.43. The van der Waals surface area contributed by atoms with Gasteiger partial charge in [-0.25, -0.2) is 0 Å². The van der Waals surface area contributed by atoms with E-state index in [0.29, 0.717) is 0 Å². The van der Waals surface area contributed by atoms with E-state index in [0.717, 1.165) is 22.1 Å². The SMILES string of the molecule is COc1ccc(CCS(=O)(=O)F)c2ccccc12. The minimum atomic E-state index is -4.44. The Labute approximate surface area is 105 Å². The van der Waals surface area contributed by atoms with Crippen LogP contribution in [0.2, 0.25) is 0 Å². The highest BCUT2D eigenvalue weighted by Gasteiger charge is 2.11. The van der Waals surface area contributed by atoms with Gasteiger partial charge in [0.05, 0.1) is 12.9 Å². The highest BCUT2D eigenvalue weighted by atomic mass is 32.3. The van der Waals surface area contributed by atoms with Gasteiger partial charge in [-0.15, -0.1) is 3.89 Å². The Balaban J connectivity index is 2.46. The van der Waals surface area contributed by atoms with Gasteiger partial charge in [0.2, 0.25) is 0 Å². The molecule has 18 heavy (non-hydrogen) atoms. The third-order valence-corrected chi connectivity index (χ3v) is 3.50. The molecule has 0 saturated heterocycles. The first-order valence-corrected chi connectivity index (χ1v) is 7.03. The molecule has 0 aromatic heterocycles. The average molecular weight is 268 g/mol. The summed E-state index contributed by atoms with van der Waals surface area (Å²) in [6, 6.07) is 11.0. The van der Waals surface area contributed by atoms with E-state index in [1.165, 1.54) is 0 Å². The Morgan fingerprint density at radius 3 is 2.39 bits per heavy atom. The van der Waals surface area contributed by atoms with E-state index in [2.05, 4.69) is 0 Å². The van der Waals surface area contributed by atoms with Crippen molar-refractivity contribution < 1.29 is 17.0 Å². The molecule has 2 rings (SSSR count). The molecule has 0 bridgehead atoms. The van der Waals surface area contributed by atoms with Crippen molar-refractivity contribution in [1.29, 1.82) is 0 Å². The van der Waals surface area contributed by atoms with Crippen LogP contribution in [0, 0.1) is 0 Å². The Bertz CT molecular complexity index is 665. The zero-order valence-corrected chi connectivity index (χ0v) is 10.7. The van der Waals surface area contributed by atoms with Crippen molar-refractivity contribution in [2.45, 2.75) is 6.42 Å². The zero-order chi connectivity index (χ0) is 13.2. The molecule has 96 valence electrons. The van der Waals surface area contributed by atoms with E-state index in [1.54, 1.807) is 19.2 Å². The molecule has 0 N–H and O–H groups in total. The van der Waals surface area contributed by atoms with Crippen molar-refractivity contribution in [1.82, 2.24) is 0 Å². The molecule has 0 spiro atoms. The summed E-state index contributed by atoms with van der Waals surface area (Å²) in [7, 11) is -2.86. The van der Waals surface area contributed by atoms with Crippen molar-refractivity contribution in [3.05, 3.63) is 42.0 Å². The number of hydrogen-bond donors (Lipinski definition) is 0. The maximum Gasteiger partial charge on any atom is 0.302 e. The number of ether oxygens (including phenoxy) is 1. The summed E-state index contributed by atoms with van der Waals surface area (Å²) < 4.78 is 38.9. The fourth-order valence-electron chi connectivity index (χ4n) is 1.96. The molecular weight excluding hydrogens is 255 g/mol. The molecular formula is C13H13FO3S. The second kappa shape index (κ2) is 4.94. The molecule has 0 radical (unpaired) electrons. The molecule has 0 unspecified atom stereocenters. The molecule has 0 aliphatic carbocycles. The predicted octanol–water partition coefficient (Wildman–Crippen LogP) is 2.69. The van der Waals surface area contributed by atoms with E-state index in [-0.39, 0.29) is 6.42 Å². The first kappa shape index (κ1) is 12.8. The predicted molar refractivity (Wildman–Crippen MR) is 69.1 cm³/mol. The van der Waals surface area contributed by atoms with E-state index < -0.39 is 16.0 Å². The van der Waals surface area contributed by atoms with Crippen LogP contribution in [-0.2, 0) is 16.6 Å². The molecule has 0 aliphatic heterocycles. The maximum absolute atomic E-state index is 12.6. The molecule has 2 aromatic rings. The molecule has 0 heterocycles. The monoisotopic (exact) mass is 268 g/mol. The van der Waals surface area contributed by atoms with Gasteiger partial charge < -0.3 is 4.74 Å². The van der Waals surface area contributed by atoms with Crippen LogP contribution in [0.5, 0.6) is 5.75 Å². The smallest absolute Gasteiger partial charge is 0.302 e. The number of rotatable bonds is 4. The summed E-state index contributed by atoms with van der Waals surface area (Å²) in [6.45, 7) is 0. The van der Waals surface area contributed by atoms with Gasteiger partial charge in [-0.2, -0.15) is 8.42 Å². The Morgan fingerprint density at radius 2 is 1.78 bits per heavy atom. The second-order valence-corrected chi connectivity index (χ2v) is 5.45. The van der Waals surface area contributed by atoms with Crippen molar-refractivity contribution >= 4 is 21.0 Å². The summed E-state index contributed by atoms with van der Waals surface area (Å²) in [5, 5.41) is 1.79. The topological polar surface area (TPSA) is 43.4 Å². The Morgan fingerprint density at radius 1 is 1.11 bits per heavy atom. The standard InChI is InChI=1S/C13H13FO3S/c1-17-13-7-6-10(8-9-18(14,15)16)11-4-2-3-5-12(11)13/h2-7H,8-9H2,1H3. The minimum Gasteiger partial charge on any atom is -0.496 e. The van der Waals surface area contributed by atoms with Gasteiger partial charge in [0.15, 0.2) is 0 Å². The minimum absolute atomic E-state index is 0.156. The molecule has 5 heteroatoms. The summed E-state index contributed by atoms with van der Waals surface area (Å²) in [6.07, 6.45) is 0.156. The number of benzene rings is 2. The molecule has 0 fully saturated rings. The number of fused-ring (bicyclic) bond motifs is 1. The van der Waals surface area contributed by atoms with Gasteiger partial charge in [0.1, 0.15) is 5.75 Å². The van der Waals surface area contributed by atoms with Crippen molar-refractivity contribution in [2.75, 3.05) is 12.9 Å². The van der Waals surface area contributed by atoms with Gasteiger partial charge in [-0.1, -0.05) is 30.3 Å². The fraction of sp³-hybridized carbons (Fsp3) is 0.231. The zero-order valence-electron chi connectivity index (χ0n) is 9.89. The second-order valence-electron chi connectivity index (χ2n) is 3.97. The summed E-state index contributed by atoms with van der Waals surface area (Å²) in [5.74, 6) is 0.223. The van der Waals surface area contributed by atoms with Crippen molar-refractivity contribution in [3.8, 4) is 5.75 Å². The van der Waals surface area contributed by atoms with Crippen LogP contribution in [0.25, 0.3) is 10.8 Å².